The zero-order valence-electron chi connectivity index (χ0n) is 10.0. The molecule has 0 amide bonds. The molecule has 2 saturated carbocycles. The Bertz CT molecular complexity index is 565. The summed E-state index contributed by atoms with van der Waals surface area (Å²) in [6.07, 6.45) is 4.02. The van der Waals surface area contributed by atoms with Crippen LogP contribution in [0.25, 0.3) is 11.4 Å². The Kier molecular flexibility index (Phi) is 2.01. The highest BCUT2D eigenvalue weighted by Gasteiger charge is 2.56. The monoisotopic (exact) mass is 241 g/mol. The van der Waals surface area contributed by atoms with E-state index in [4.69, 9.17) is 10.3 Å². The largest absolute Gasteiger partial charge is 0.399 e. The predicted octanol–water partition coefficient (Wildman–Crippen LogP) is 2.83. The van der Waals surface area contributed by atoms with E-state index in [0.717, 1.165) is 29.0 Å². The van der Waals surface area contributed by atoms with Crippen molar-refractivity contribution in [3.05, 3.63) is 30.2 Å². The summed E-state index contributed by atoms with van der Waals surface area (Å²) in [6.45, 7) is 0. The molecule has 4 rings (SSSR count). The predicted molar refractivity (Wildman–Crippen MR) is 67.7 cm³/mol. The molecule has 0 bridgehead atoms. The third-order valence-electron chi connectivity index (χ3n) is 4.30. The maximum atomic E-state index is 5.67. The van der Waals surface area contributed by atoms with Gasteiger partial charge in [-0.2, -0.15) is 4.98 Å². The molecule has 2 atom stereocenters. The lowest BCUT2D eigenvalue weighted by molar-refractivity contribution is 0.368. The van der Waals surface area contributed by atoms with Crippen LogP contribution in [0, 0.1) is 11.8 Å². The molecule has 2 aliphatic carbocycles. The molecule has 0 radical (unpaired) electrons. The molecule has 92 valence electrons. The SMILES string of the molecule is Nc1ccc(-c2noc(C3C4CCCC43)n2)cc1. The molecule has 2 fully saturated rings. The average molecular weight is 241 g/mol. The van der Waals surface area contributed by atoms with Gasteiger partial charge in [-0.05, 0) is 48.9 Å². The van der Waals surface area contributed by atoms with Crippen LogP contribution >= 0.6 is 0 Å². The first-order valence-electron chi connectivity index (χ1n) is 6.52. The number of rotatable bonds is 2. The lowest BCUT2D eigenvalue weighted by Crippen LogP contribution is -1.88. The van der Waals surface area contributed by atoms with E-state index in [0.29, 0.717) is 11.7 Å². The van der Waals surface area contributed by atoms with Gasteiger partial charge < -0.3 is 10.3 Å². The van der Waals surface area contributed by atoms with Gasteiger partial charge in [-0.25, -0.2) is 0 Å². The van der Waals surface area contributed by atoms with E-state index in [1.165, 1.54) is 19.3 Å². The molecule has 18 heavy (non-hydrogen) atoms. The number of nitrogens with two attached hydrogens (primary N) is 1. The van der Waals surface area contributed by atoms with Gasteiger partial charge >= 0.3 is 0 Å². The van der Waals surface area contributed by atoms with Crippen molar-refractivity contribution in [2.75, 3.05) is 5.73 Å². The summed E-state index contributed by atoms with van der Waals surface area (Å²) in [5.74, 6) is 3.66. The Morgan fingerprint density at radius 1 is 1.11 bits per heavy atom. The highest BCUT2D eigenvalue weighted by atomic mass is 16.5. The van der Waals surface area contributed by atoms with Crippen LogP contribution in [0.3, 0.4) is 0 Å². The maximum absolute atomic E-state index is 5.67. The van der Waals surface area contributed by atoms with Crippen LogP contribution in [0.5, 0.6) is 0 Å². The van der Waals surface area contributed by atoms with E-state index < -0.39 is 0 Å². The number of aromatic nitrogens is 2. The van der Waals surface area contributed by atoms with E-state index in [1.54, 1.807) is 0 Å². The molecule has 0 aliphatic heterocycles. The molecule has 2 unspecified atom stereocenters. The van der Waals surface area contributed by atoms with E-state index in [1.807, 2.05) is 24.3 Å². The van der Waals surface area contributed by atoms with Gasteiger partial charge in [0.15, 0.2) is 0 Å². The van der Waals surface area contributed by atoms with Crippen LogP contribution in [0.1, 0.15) is 31.1 Å². The smallest absolute Gasteiger partial charge is 0.230 e. The fourth-order valence-electron chi connectivity index (χ4n) is 3.31. The Hall–Kier alpha value is -1.84. The van der Waals surface area contributed by atoms with Crippen molar-refractivity contribution in [3.8, 4) is 11.4 Å². The second-order valence-electron chi connectivity index (χ2n) is 5.36. The van der Waals surface area contributed by atoms with Crippen molar-refractivity contribution in [3.63, 3.8) is 0 Å². The highest BCUT2D eigenvalue weighted by molar-refractivity contribution is 5.58. The summed E-state index contributed by atoms with van der Waals surface area (Å²) in [7, 11) is 0. The first kappa shape index (κ1) is 10.1. The second kappa shape index (κ2) is 3.57. The van der Waals surface area contributed by atoms with Crippen LogP contribution in [-0.4, -0.2) is 10.1 Å². The Morgan fingerprint density at radius 3 is 2.56 bits per heavy atom. The minimum atomic E-state index is 0.536. The summed E-state index contributed by atoms with van der Waals surface area (Å²) in [4.78, 5) is 4.54. The van der Waals surface area contributed by atoms with Crippen molar-refractivity contribution in [1.29, 1.82) is 0 Å². The summed E-state index contributed by atoms with van der Waals surface area (Å²) in [5, 5.41) is 4.08. The maximum Gasteiger partial charge on any atom is 0.230 e. The number of hydrogen-bond acceptors (Lipinski definition) is 4. The van der Waals surface area contributed by atoms with E-state index in [2.05, 4.69) is 10.1 Å². The fraction of sp³-hybridized carbons (Fsp3) is 0.429. The summed E-state index contributed by atoms with van der Waals surface area (Å²) in [6, 6.07) is 7.57. The number of nitrogens with zero attached hydrogens (tertiary/aromatic N) is 2. The first-order valence-corrected chi connectivity index (χ1v) is 6.52. The van der Waals surface area contributed by atoms with Gasteiger partial charge in [0, 0.05) is 17.2 Å². The number of anilines is 1. The Balaban J connectivity index is 1.60. The standard InChI is InChI=1S/C14H15N3O/c15-9-6-4-8(5-7-9)13-16-14(18-17-13)12-10-2-1-3-11(10)12/h4-7,10-12H,1-3,15H2. The van der Waals surface area contributed by atoms with Crippen LogP contribution in [-0.2, 0) is 0 Å². The van der Waals surface area contributed by atoms with Crippen molar-refractivity contribution < 1.29 is 4.52 Å². The van der Waals surface area contributed by atoms with Gasteiger partial charge in [0.05, 0.1) is 0 Å². The zero-order valence-corrected chi connectivity index (χ0v) is 10.0. The molecule has 0 saturated heterocycles. The molecule has 2 aromatic rings. The molecule has 4 heteroatoms. The lowest BCUT2D eigenvalue weighted by Gasteiger charge is -1.96. The van der Waals surface area contributed by atoms with Crippen molar-refractivity contribution in [1.82, 2.24) is 10.1 Å². The zero-order chi connectivity index (χ0) is 12.1. The fourth-order valence-corrected chi connectivity index (χ4v) is 3.31. The summed E-state index contributed by atoms with van der Waals surface area (Å²) >= 11 is 0. The van der Waals surface area contributed by atoms with Crippen LogP contribution in [0.4, 0.5) is 5.69 Å². The molecular weight excluding hydrogens is 226 g/mol. The van der Waals surface area contributed by atoms with Gasteiger partial charge in [-0.1, -0.05) is 11.6 Å². The molecule has 0 spiro atoms. The number of nitrogen functional groups attached to an aromatic ring is 1. The van der Waals surface area contributed by atoms with E-state index in [9.17, 15) is 0 Å². The normalized spacial score (nSPS) is 29.2. The minimum Gasteiger partial charge on any atom is -0.399 e. The van der Waals surface area contributed by atoms with E-state index in [-0.39, 0.29) is 0 Å². The summed E-state index contributed by atoms with van der Waals surface area (Å²) in [5.41, 5.74) is 7.38. The van der Waals surface area contributed by atoms with Gasteiger partial charge in [-0.3, -0.25) is 0 Å². The molecule has 1 aromatic heterocycles. The lowest BCUT2D eigenvalue weighted by atomic mass is 10.1. The molecule has 1 aromatic carbocycles. The van der Waals surface area contributed by atoms with Gasteiger partial charge in [-0.15, -0.1) is 0 Å². The quantitative estimate of drug-likeness (QED) is 0.821. The van der Waals surface area contributed by atoms with Crippen LogP contribution in [0.15, 0.2) is 28.8 Å². The average Bonchev–Trinajstić information content (AvgIpc) is 2.83. The van der Waals surface area contributed by atoms with Gasteiger partial charge in [0.1, 0.15) is 0 Å². The van der Waals surface area contributed by atoms with Crippen LogP contribution in [0.2, 0.25) is 0 Å². The summed E-state index contributed by atoms with van der Waals surface area (Å²) < 4.78 is 5.42. The minimum absolute atomic E-state index is 0.536. The molecule has 4 nitrogen and oxygen atoms in total. The molecule has 2 aliphatic rings. The van der Waals surface area contributed by atoms with E-state index >= 15 is 0 Å². The molecule has 1 heterocycles. The Labute approximate surface area is 105 Å². The molecule has 2 N–H and O–H groups in total. The van der Waals surface area contributed by atoms with Crippen molar-refractivity contribution in [2.45, 2.75) is 25.2 Å². The van der Waals surface area contributed by atoms with Crippen LogP contribution < -0.4 is 5.73 Å². The van der Waals surface area contributed by atoms with Gasteiger partial charge in [0.2, 0.25) is 11.7 Å². The van der Waals surface area contributed by atoms with Crippen molar-refractivity contribution >= 4 is 5.69 Å². The topological polar surface area (TPSA) is 64.9 Å². The number of fused-ring (bicyclic) bond motifs is 1. The number of benzene rings is 1. The third-order valence-corrected chi connectivity index (χ3v) is 4.30. The second-order valence-corrected chi connectivity index (χ2v) is 5.36. The van der Waals surface area contributed by atoms with Gasteiger partial charge in [0.25, 0.3) is 0 Å². The highest BCUT2D eigenvalue weighted by Crippen LogP contribution is 2.62. The first-order chi connectivity index (χ1) is 8.83. The third kappa shape index (κ3) is 1.45. The Morgan fingerprint density at radius 2 is 1.83 bits per heavy atom. The number of hydrogen-bond donors (Lipinski definition) is 1. The van der Waals surface area contributed by atoms with Crippen molar-refractivity contribution in [2.24, 2.45) is 11.8 Å². The molecular formula is C14H15N3O.